The fourth-order valence-electron chi connectivity index (χ4n) is 4.37. The minimum absolute atomic E-state index is 0.0613. The minimum atomic E-state index is -4.47. The van der Waals surface area contributed by atoms with Crippen molar-refractivity contribution in [2.24, 2.45) is 0 Å². The van der Waals surface area contributed by atoms with Gasteiger partial charge in [-0.25, -0.2) is 12.8 Å². The van der Waals surface area contributed by atoms with Crippen LogP contribution in [0.4, 0.5) is 28.9 Å². The maximum atomic E-state index is 14.4. The largest absolute Gasteiger partial charge is 0.495 e. The zero-order valence-electron chi connectivity index (χ0n) is 20.8. The molecule has 0 spiro atoms. The summed E-state index contributed by atoms with van der Waals surface area (Å²) in [6.45, 7) is -0.300. The van der Waals surface area contributed by atoms with E-state index in [1.165, 1.54) is 25.3 Å². The number of ether oxygens (including phenoxy) is 1. The van der Waals surface area contributed by atoms with Crippen LogP contribution in [0.1, 0.15) is 12.1 Å². The van der Waals surface area contributed by atoms with E-state index in [1.54, 1.807) is 24.3 Å². The van der Waals surface area contributed by atoms with E-state index in [-0.39, 0.29) is 23.7 Å². The second-order valence-electron chi connectivity index (χ2n) is 9.02. The van der Waals surface area contributed by atoms with Gasteiger partial charge in [0.25, 0.3) is 0 Å². The molecule has 2 aromatic carbocycles. The van der Waals surface area contributed by atoms with Gasteiger partial charge in [-0.1, -0.05) is 12.0 Å². The number of fused-ring (bicyclic) bond motifs is 1. The van der Waals surface area contributed by atoms with Crippen LogP contribution < -0.4 is 20.7 Å². The van der Waals surface area contributed by atoms with E-state index in [4.69, 9.17) is 4.74 Å². The summed E-state index contributed by atoms with van der Waals surface area (Å²) in [6, 6.07) is 10.4. The molecule has 0 amide bonds. The Morgan fingerprint density at radius 1 is 1.18 bits per heavy atom. The number of benzene rings is 2. The number of anilines is 2. The molecule has 1 aliphatic rings. The van der Waals surface area contributed by atoms with Crippen molar-refractivity contribution in [2.75, 3.05) is 43.6 Å². The zero-order chi connectivity index (χ0) is 27.5. The summed E-state index contributed by atoms with van der Waals surface area (Å²) in [5.74, 6) is 5.93. The average Bonchev–Trinajstić information content (AvgIpc) is 3.19. The predicted molar refractivity (Wildman–Crippen MR) is 139 cm³/mol. The predicted octanol–water partition coefficient (Wildman–Crippen LogP) is 4.19. The topological polar surface area (TPSA) is 84.4 Å². The molecule has 0 bridgehead atoms. The van der Waals surface area contributed by atoms with E-state index in [9.17, 15) is 26.0 Å². The number of methoxy groups -OCH3 is 1. The van der Waals surface area contributed by atoms with Crippen molar-refractivity contribution in [3.8, 4) is 17.6 Å². The van der Waals surface area contributed by atoms with E-state index in [0.29, 0.717) is 41.0 Å². The molecule has 0 saturated carbocycles. The Bertz CT molecular complexity index is 1480. The molecule has 1 unspecified atom stereocenters. The van der Waals surface area contributed by atoms with Crippen molar-refractivity contribution in [1.82, 2.24) is 9.88 Å². The minimum Gasteiger partial charge on any atom is -0.495 e. The molecule has 2 heterocycles. The Morgan fingerprint density at radius 3 is 2.66 bits per heavy atom. The number of hydrogen-bond donors (Lipinski definition) is 3. The van der Waals surface area contributed by atoms with Gasteiger partial charge in [-0.15, -0.1) is 0 Å². The van der Waals surface area contributed by atoms with Gasteiger partial charge in [0.2, 0.25) is 0 Å². The maximum Gasteiger partial charge on any atom is 0.406 e. The van der Waals surface area contributed by atoms with E-state index >= 15 is 0 Å². The standard InChI is InChI=1S/C26H28F4N4O3S/c1-37-25-14-18(38(2,35)36)8-9-23(25)32-11-4-5-17-13-19-21(33-22-10-12-31-15-20(22)27)6-3-7-24(19)34(17)16-26(28,29)30/h3,6-9,13-14,20,22,31-33H,10-12,15-16H2,1-2H3/t20?,22-/m1/s1. The van der Waals surface area contributed by atoms with Crippen LogP contribution in [0.25, 0.3) is 10.9 Å². The normalized spacial score (nSPS) is 18.1. The van der Waals surface area contributed by atoms with Crippen LogP contribution >= 0.6 is 0 Å². The summed E-state index contributed by atoms with van der Waals surface area (Å²) in [5.41, 5.74) is 1.54. The van der Waals surface area contributed by atoms with Crippen LogP contribution in [0.2, 0.25) is 0 Å². The van der Waals surface area contributed by atoms with Gasteiger partial charge in [0, 0.05) is 29.9 Å². The number of nitrogens with one attached hydrogen (secondary N) is 3. The molecule has 3 N–H and O–H groups in total. The average molecular weight is 553 g/mol. The molecule has 204 valence electrons. The summed E-state index contributed by atoms with van der Waals surface area (Å²) in [4.78, 5) is 0.0932. The Labute approximate surface area is 218 Å². The second kappa shape index (κ2) is 11.1. The van der Waals surface area contributed by atoms with Gasteiger partial charge in [0.15, 0.2) is 9.84 Å². The summed E-state index contributed by atoms with van der Waals surface area (Å²) < 4.78 is 84.6. The van der Waals surface area contributed by atoms with Crippen molar-refractivity contribution < 1.29 is 30.7 Å². The number of hydrogen-bond acceptors (Lipinski definition) is 6. The first-order chi connectivity index (χ1) is 18.0. The molecule has 4 rings (SSSR count). The number of nitrogens with zero attached hydrogens (tertiary/aromatic N) is 1. The fourth-order valence-corrected chi connectivity index (χ4v) is 5.01. The zero-order valence-corrected chi connectivity index (χ0v) is 21.6. The molecule has 1 saturated heterocycles. The highest BCUT2D eigenvalue weighted by Gasteiger charge is 2.30. The Morgan fingerprint density at radius 2 is 1.97 bits per heavy atom. The first kappa shape index (κ1) is 27.6. The second-order valence-corrected chi connectivity index (χ2v) is 11.0. The highest BCUT2D eigenvalue weighted by Crippen LogP contribution is 2.31. The molecule has 1 aliphatic heterocycles. The van der Waals surface area contributed by atoms with Crippen LogP contribution in [0.5, 0.6) is 5.75 Å². The van der Waals surface area contributed by atoms with Gasteiger partial charge in [0.05, 0.1) is 41.5 Å². The Kier molecular flexibility index (Phi) is 8.08. The van der Waals surface area contributed by atoms with E-state index in [2.05, 4.69) is 27.8 Å². The SMILES string of the molecule is COc1cc(S(C)(=O)=O)ccc1NCC#Cc1cc2c(N[C@@H]3CCNCC3F)cccc2n1CC(F)(F)F. The van der Waals surface area contributed by atoms with E-state index in [1.807, 2.05) is 0 Å². The number of halogens is 4. The lowest BCUT2D eigenvalue weighted by Crippen LogP contribution is -2.45. The molecule has 1 fully saturated rings. The third kappa shape index (κ3) is 6.52. The van der Waals surface area contributed by atoms with E-state index in [0.717, 1.165) is 10.8 Å². The molecule has 38 heavy (non-hydrogen) atoms. The third-order valence-corrected chi connectivity index (χ3v) is 7.33. The summed E-state index contributed by atoms with van der Waals surface area (Å²) in [5, 5.41) is 9.67. The summed E-state index contributed by atoms with van der Waals surface area (Å²) in [7, 11) is -2.02. The van der Waals surface area contributed by atoms with Gasteiger partial charge < -0.3 is 25.3 Å². The third-order valence-electron chi connectivity index (χ3n) is 6.22. The molecule has 0 aliphatic carbocycles. The molecular formula is C26H28F4N4O3S. The first-order valence-corrected chi connectivity index (χ1v) is 13.8. The molecule has 1 aromatic heterocycles. The van der Waals surface area contributed by atoms with Gasteiger partial charge in [-0.3, -0.25) is 0 Å². The van der Waals surface area contributed by atoms with Crippen molar-refractivity contribution in [3.63, 3.8) is 0 Å². The van der Waals surface area contributed by atoms with Crippen molar-refractivity contribution >= 4 is 32.1 Å². The van der Waals surface area contributed by atoms with Gasteiger partial charge in [-0.05, 0) is 49.2 Å². The number of sulfone groups is 1. The smallest absolute Gasteiger partial charge is 0.406 e. The number of piperidine rings is 1. The molecule has 3 aromatic rings. The molecule has 7 nitrogen and oxygen atoms in total. The molecular weight excluding hydrogens is 524 g/mol. The lowest BCUT2D eigenvalue weighted by atomic mass is 10.0. The van der Waals surface area contributed by atoms with Gasteiger partial charge in [-0.2, -0.15) is 13.2 Å². The van der Waals surface area contributed by atoms with Crippen LogP contribution in [-0.2, 0) is 16.4 Å². The first-order valence-electron chi connectivity index (χ1n) is 11.9. The molecule has 12 heteroatoms. The summed E-state index contributed by atoms with van der Waals surface area (Å²) >= 11 is 0. The highest BCUT2D eigenvalue weighted by molar-refractivity contribution is 7.90. The van der Waals surface area contributed by atoms with E-state index < -0.39 is 34.8 Å². The highest BCUT2D eigenvalue weighted by atomic mass is 32.2. The van der Waals surface area contributed by atoms with Crippen LogP contribution in [0, 0.1) is 11.8 Å². The lowest BCUT2D eigenvalue weighted by Gasteiger charge is -2.28. The summed E-state index contributed by atoms with van der Waals surface area (Å²) in [6.07, 6.45) is -3.96. The quantitative estimate of drug-likeness (QED) is 0.301. The Balaban J connectivity index is 1.61. The van der Waals surface area contributed by atoms with Crippen molar-refractivity contribution in [1.29, 1.82) is 0 Å². The van der Waals surface area contributed by atoms with Crippen LogP contribution in [0.15, 0.2) is 47.4 Å². The number of alkyl halides is 4. The van der Waals surface area contributed by atoms with Gasteiger partial charge >= 0.3 is 6.18 Å². The lowest BCUT2D eigenvalue weighted by molar-refractivity contribution is -0.140. The molecule has 0 radical (unpaired) electrons. The fraction of sp³-hybridized carbons (Fsp3) is 0.385. The van der Waals surface area contributed by atoms with Gasteiger partial charge in [0.1, 0.15) is 18.5 Å². The van der Waals surface area contributed by atoms with Crippen LogP contribution in [0.3, 0.4) is 0 Å². The Hall–Kier alpha value is -3.43. The van der Waals surface area contributed by atoms with Crippen molar-refractivity contribution in [2.45, 2.75) is 36.3 Å². The van der Waals surface area contributed by atoms with Crippen molar-refractivity contribution in [3.05, 3.63) is 48.2 Å². The van der Waals surface area contributed by atoms with Crippen LogP contribution in [-0.4, -0.2) is 64.4 Å². The monoisotopic (exact) mass is 552 g/mol. The number of rotatable bonds is 7. The number of aromatic nitrogens is 1. The maximum absolute atomic E-state index is 14.4. The molecule has 2 atom stereocenters.